The van der Waals surface area contributed by atoms with Crippen LogP contribution in [0.5, 0.6) is 0 Å². The Bertz CT molecular complexity index is 527. The van der Waals surface area contributed by atoms with Crippen molar-refractivity contribution in [2.24, 2.45) is 0 Å². The lowest BCUT2D eigenvalue weighted by Gasteiger charge is -2.29. The largest absolute Gasteiger partial charge is 0.369 e. The number of aryl methyl sites for hydroxylation is 1. The number of benzene rings is 2. The predicted molar refractivity (Wildman–Crippen MR) is 73.8 cm³/mol. The van der Waals surface area contributed by atoms with Gasteiger partial charge in [0.05, 0.1) is 0 Å². The zero-order valence-electron chi connectivity index (χ0n) is 10.2. The normalized spacial score (nSPS) is 16.4. The van der Waals surface area contributed by atoms with Gasteiger partial charge >= 0.3 is 0 Å². The maximum Gasteiger partial charge on any atom is 0.0373 e. The van der Waals surface area contributed by atoms with Crippen molar-refractivity contribution in [3.05, 3.63) is 42.0 Å². The van der Waals surface area contributed by atoms with Gasteiger partial charge in [-0.2, -0.15) is 0 Å². The second kappa shape index (κ2) is 4.38. The number of hydrogen-bond donors (Lipinski definition) is 1. The van der Waals surface area contributed by atoms with Gasteiger partial charge in [-0.1, -0.05) is 29.8 Å². The molecule has 1 heterocycles. The van der Waals surface area contributed by atoms with Crippen molar-refractivity contribution in [1.82, 2.24) is 5.32 Å². The van der Waals surface area contributed by atoms with Crippen LogP contribution in [-0.2, 0) is 0 Å². The highest BCUT2D eigenvalue weighted by molar-refractivity contribution is 5.86. The molecule has 1 aliphatic heterocycles. The Labute approximate surface area is 102 Å². The second-order valence-corrected chi connectivity index (χ2v) is 4.77. The third-order valence-electron chi connectivity index (χ3n) is 3.46. The summed E-state index contributed by atoms with van der Waals surface area (Å²) in [5.41, 5.74) is 2.68. The molecule has 0 radical (unpaired) electrons. The highest BCUT2D eigenvalue weighted by Crippen LogP contribution is 2.23. The maximum atomic E-state index is 3.39. The minimum absolute atomic E-state index is 1.09. The van der Waals surface area contributed by atoms with E-state index in [9.17, 15) is 0 Å². The first-order valence-corrected chi connectivity index (χ1v) is 6.29. The number of nitrogens with one attached hydrogen (secondary N) is 1. The summed E-state index contributed by atoms with van der Waals surface area (Å²) in [6, 6.07) is 13.4. The van der Waals surface area contributed by atoms with Gasteiger partial charge in [0.15, 0.2) is 0 Å². The molecule has 3 rings (SSSR count). The van der Waals surface area contributed by atoms with Gasteiger partial charge in [-0.15, -0.1) is 0 Å². The summed E-state index contributed by atoms with van der Waals surface area (Å²) >= 11 is 0. The third-order valence-corrected chi connectivity index (χ3v) is 3.46. The quantitative estimate of drug-likeness (QED) is 0.804. The molecule has 0 saturated carbocycles. The molecule has 0 spiro atoms. The highest BCUT2D eigenvalue weighted by atomic mass is 15.2. The first kappa shape index (κ1) is 10.6. The molecule has 2 aromatic carbocycles. The Morgan fingerprint density at radius 1 is 0.941 bits per heavy atom. The van der Waals surface area contributed by atoms with E-state index >= 15 is 0 Å². The SMILES string of the molecule is Cc1ccc2cc(N3CCNCC3)ccc2c1. The van der Waals surface area contributed by atoms with Crippen molar-refractivity contribution in [3.63, 3.8) is 0 Å². The Hall–Kier alpha value is -1.54. The van der Waals surface area contributed by atoms with Gasteiger partial charge in [0.1, 0.15) is 0 Å². The Morgan fingerprint density at radius 3 is 2.47 bits per heavy atom. The van der Waals surface area contributed by atoms with Gasteiger partial charge in [-0.3, -0.25) is 0 Å². The first-order chi connectivity index (χ1) is 8.33. The predicted octanol–water partition coefficient (Wildman–Crippen LogP) is 2.56. The summed E-state index contributed by atoms with van der Waals surface area (Å²) < 4.78 is 0. The van der Waals surface area contributed by atoms with E-state index in [4.69, 9.17) is 0 Å². The Balaban J connectivity index is 1.98. The van der Waals surface area contributed by atoms with E-state index in [1.807, 2.05) is 0 Å². The molecule has 0 unspecified atom stereocenters. The lowest BCUT2D eigenvalue weighted by molar-refractivity contribution is 0.589. The summed E-state index contributed by atoms with van der Waals surface area (Å²) in [7, 11) is 0. The molecule has 0 bridgehead atoms. The zero-order valence-corrected chi connectivity index (χ0v) is 10.2. The molecule has 0 amide bonds. The van der Waals surface area contributed by atoms with Gasteiger partial charge in [0.25, 0.3) is 0 Å². The summed E-state index contributed by atoms with van der Waals surface area (Å²) in [6.07, 6.45) is 0. The van der Waals surface area contributed by atoms with E-state index in [1.165, 1.54) is 22.0 Å². The van der Waals surface area contributed by atoms with Gasteiger partial charge in [0, 0.05) is 31.9 Å². The molecule has 0 aromatic heterocycles. The molecule has 0 aliphatic carbocycles. The molecule has 17 heavy (non-hydrogen) atoms. The van der Waals surface area contributed by atoms with Crippen LogP contribution in [0.25, 0.3) is 10.8 Å². The molecule has 1 aliphatic rings. The molecule has 2 heteroatoms. The Kier molecular flexibility index (Phi) is 2.73. The van der Waals surface area contributed by atoms with Crippen molar-refractivity contribution in [3.8, 4) is 0 Å². The van der Waals surface area contributed by atoms with E-state index in [0.717, 1.165) is 26.2 Å². The van der Waals surface area contributed by atoms with E-state index < -0.39 is 0 Å². The van der Waals surface area contributed by atoms with E-state index in [1.54, 1.807) is 0 Å². The fourth-order valence-corrected chi connectivity index (χ4v) is 2.47. The fraction of sp³-hybridized carbons (Fsp3) is 0.333. The van der Waals surface area contributed by atoms with Crippen LogP contribution in [0.3, 0.4) is 0 Å². The number of piperazine rings is 1. The maximum absolute atomic E-state index is 3.39. The number of hydrogen-bond acceptors (Lipinski definition) is 2. The average molecular weight is 226 g/mol. The van der Waals surface area contributed by atoms with Crippen molar-refractivity contribution in [2.45, 2.75) is 6.92 Å². The number of nitrogens with zero attached hydrogens (tertiary/aromatic N) is 1. The smallest absolute Gasteiger partial charge is 0.0373 e. The van der Waals surface area contributed by atoms with E-state index in [0.29, 0.717) is 0 Å². The lowest BCUT2D eigenvalue weighted by Crippen LogP contribution is -2.43. The van der Waals surface area contributed by atoms with Crippen LogP contribution in [0.4, 0.5) is 5.69 Å². The van der Waals surface area contributed by atoms with Crippen molar-refractivity contribution in [1.29, 1.82) is 0 Å². The van der Waals surface area contributed by atoms with Crippen LogP contribution in [0.1, 0.15) is 5.56 Å². The van der Waals surface area contributed by atoms with Crippen LogP contribution < -0.4 is 10.2 Å². The van der Waals surface area contributed by atoms with Crippen LogP contribution in [0.2, 0.25) is 0 Å². The van der Waals surface area contributed by atoms with Crippen molar-refractivity contribution in [2.75, 3.05) is 31.1 Å². The van der Waals surface area contributed by atoms with Crippen molar-refractivity contribution >= 4 is 16.5 Å². The van der Waals surface area contributed by atoms with Crippen molar-refractivity contribution < 1.29 is 0 Å². The summed E-state index contributed by atoms with van der Waals surface area (Å²) in [5.74, 6) is 0. The van der Waals surface area contributed by atoms with Crippen LogP contribution >= 0.6 is 0 Å². The van der Waals surface area contributed by atoms with Crippen LogP contribution in [0.15, 0.2) is 36.4 Å². The minimum Gasteiger partial charge on any atom is -0.369 e. The average Bonchev–Trinajstić information content (AvgIpc) is 2.39. The number of anilines is 1. The summed E-state index contributed by atoms with van der Waals surface area (Å²) in [4.78, 5) is 2.45. The third kappa shape index (κ3) is 2.13. The van der Waals surface area contributed by atoms with Crippen LogP contribution in [-0.4, -0.2) is 26.2 Å². The monoisotopic (exact) mass is 226 g/mol. The van der Waals surface area contributed by atoms with Gasteiger partial charge < -0.3 is 10.2 Å². The van der Waals surface area contributed by atoms with E-state index in [-0.39, 0.29) is 0 Å². The summed E-state index contributed by atoms with van der Waals surface area (Å²) in [5, 5.41) is 6.06. The molecule has 2 aromatic rings. The molecule has 2 nitrogen and oxygen atoms in total. The standard InChI is InChI=1S/C15H18N2/c1-12-2-3-14-11-15(5-4-13(14)10-12)17-8-6-16-7-9-17/h2-5,10-11,16H,6-9H2,1H3. The fourth-order valence-electron chi connectivity index (χ4n) is 2.47. The van der Waals surface area contributed by atoms with E-state index in [2.05, 4.69) is 53.5 Å². The van der Waals surface area contributed by atoms with Gasteiger partial charge in [-0.05, 0) is 29.8 Å². The molecular weight excluding hydrogens is 208 g/mol. The van der Waals surface area contributed by atoms with Crippen LogP contribution in [0, 0.1) is 6.92 Å². The Morgan fingerprint density at radius 2 is 1.65 bits per heavy atom. The molecule has 1 fully saturated rings. The molecule has 0 atom stereocenters. The molecule has 1 saturated heterocycles. The minimum atomic E-state index is 1.09. The number of rotatable bonds is 1. The molecule has 1 N–H and O–H groups in total. The summed E-state index contributed by atoms with van der Waals surface area (Å²) in [6.45, 7) is 6.54. The second-order valence-electron chi connectivity index (χ2n) is 4.77. The molecular formula is C15H18N2. The van der Waals surface area contributed by atoms with Gasteiger partial charge in [-0.25, -0.2) is 0 Å². The zero-order chi connectivity index (χ0) is 11.7. The highest BCUT2D eigenvalue weighted by Gasteiger charge is 2.10. The first-order valence-electron chi connectivity index (χ1n) is 6.29. The lowest BCUT2D eigenvalue weighted by atomic mass is 10.1. The number of fused-ring (bicyclic) bond motifs is 1. The van der Waals surface area contributed by atoms with Gasteiger partial charge in [0.2, 0.25) is 0 Å². The molecule has 88 valence electrons. The topological polar surface area (TPSA) is 15.3 Å².